The van der Waals surface area contributed by atoms with Crippen LogP contribution >= 0.6 is 18.7 Å². The number of nitrogens with zero attached hydrogens (tertiary/aromatic N) is 1. The van der Waals surface area contributed by atoms with Crippen molar-refractivity contribution in [2.75, 3.05) is 13.3 Å². The number of carbonyl (C=O) groups excluding carboxylic acids is 1. The summed E-state index contributed by atoms with van der Waals surface area (Å²) in [7, 11) is -3.15. The second-order valence-corrected chi connectivity index (χ2v) is 12.0. The number of hydrogen-bond acceptors (Lipinski definition) is 6. The van der Waals surface area contributed by atoms with Crippen molar-refractivity contribution in [2.45, 2.75) is 97.2 Å². The van der Waals surface area contributed by atoms with Gasteiger partial charge in [-0.1, -0.05) is 39.0 Å². The third-order valence-electron chi connectivity index (χ3n) is 4.38. The number of hydrogen-bond donors (Lipinski definition) is 0. The molecule has 0 saturated heterocycles. The molecule has 28 heavy (non-hydrogen) atoms. The van der Waals surface area contributed by atoms with E-state index >= 15 is 0 Å². The maximum absolute atomic E-state index is 13.0. The smallest absolute Gasteiger partial charge is 0.319 e. The van der Waals surface area contributed by atoms with Crippen molar-refractivity contribution in [1.82, 2.24) is 4.98 Å². The van der Waals surface area contributed by atoms with E-state index in [2.05, 4.69) is 17.3 Å². The van der Waals surface area contributed by atoms with Crippen LogP contribution in [0.4, 0.5) is 0 Å². The summed E-state index contributed by atoms with van der Waals surface area (Å²) in [5.41, 5.74) is -0.395. The zero-order valence-corrected chi connectivity index (χ0v) is 20.2. The maximum atomic E-state index is 13.0. The van der Waals surface area contributed by atoms with Crippen LogP contribution < -0.4 is 0 Å². The first-order valence-corrected chi connectivity index (χ1v) is 13.5. The fraction of sp³-hybridized carbons (Fsp3) is 0.810. The minimum absolute atomic E-state index is 0.295. The normalized spacial score (nSPS) is 15.2. The van der Waals surface area contributed by atoms with E-state index in [1.54, 1.807) is 6.92 Å². The van der Waals surface area contributed by atoms with Gasteiger partial charge in [0, 0.05) is 18.5 Å². The van der Waals surface area contributed by atoms with E-state index in [0.29, 0.717) is 13.0 Å². The highest BCUT2D eigenvalue weighted by Gasteiger charge is 2.39. The summed E-state index contributed by atoms with van der Waals surface area (Å²) in [4.78, 5) is 17.4. The molecule has 1 rings (SSSR count). The average Bonchev–Trinajstić information content (AvgIpc) is 3.01. The van der Waals surface area contributed by atoms with Crippen LogP contribution in [0.25, 0.3) is 0 Å². The van der Waals surface area contributed by atoms with Gasteiger partial charge in [0.15, 0.2) is 0 Å². The molecule has 1 aromatic heterocycles. The number of carbonyl (C=O) groups is 1. The van der Waals surface area contributed by atoms with Gasteiger partial charge in [0.05, 0.1) is 17.3 Å². The molecule has 162 valence electrons. The molecule has 0 aliphatic rings. The molecular weight excluding hydrogens is 393 g/mol. The summed E-state index contributed by atoms with van der Waals surface area (Å²) >= 11 is 1.52. The molecule has 2 atom stereocenters. The molecule has 0 spiro atoms. The Bertz CT molecular complexity index is 639. The van der Waals surface area contributed by atoms with Gasteiger partial charge in [0.2, 0.25) is 7.37 Å². The molecule has 0 aliphatic carbocycles. The molecule has 1 aromatic rings. The number of thiazole rings is 1. The zero-order chi connectivity index (χ0) is 21.2. The van der Waals surface area contributed by atoms with Crippen molar-refractivity contribution in [3.63, 3.8) is 0 Å². The van der Waals surface area contributed by atoms with Gasteiger partial charge in [-0.2, -0.15) is 0 Å². The van der Waals surface area contributed by atoms with Crippen LogP contribution in [0.1, 0.15) is 83.8 Å². The largest absolute Gasteiger partial charge is 0.459 e. The molecule has 1 heterocycles. The number of rotatable bonds is 13. The molecule has 0 aliphatic heterocycles. The Balaban J connectivity index is 2.72. The standard InChI is InChI=1S/C21H38NO4PS/c1-7-9-10-11-12-13-14-17-16-28-19(22-17)15-18(27(6,24)25-8-2)20(23)26-21(3,4)5/h16,18H,7-15H2,1-6H3. The summed E-state index contributed by atoms with van der Waals surface area (Å²) in [5, 5.41) is 2.87. The van der Waals surface area contributed by atoms with Crippen molar-refractivity contribution >= 4 is 24.7 Å². The highest BCUT2D eigenvalue weighted by Crippen LogP contribution is 2.50. The Hall–Kier alpha value is -0.710. The molecule has 0 bridgehead atoms. The van der Waals surface area contributed by atoms with E-state index in [1.165, 1.54) is 50.1 Å². The fourth-order valence-corrected chi connectivity index (χ4v) is 5.60. The number of unbranched alkanes of at least 4 members (excludes halogenated alkanes) is 5. The SMILES string of the molecule is CCCCCCCCc1csc(CC(C(=O)OC(C)(C)C)P(C)(=O)OCC)n1. The Kier molecular flexibility index (Phi) is 10.9. The zero-order valence-electron chi connectivity index (χ0n) is 18.5. The second kappa shape index (κ2) is 12.1. The molecule has 0 radical (unpaired) electrons. The predicted molar refractivity (Wildman–Crippen MR) is 118 cm³/mol. The van der Waals surface area contributed by atoms with Gasteiger partial charge >= 0.3 is 5.97 Å². The topological polar surface area (TPSA) is 65.5 Å². The summed E-state index contributed by atoms with van der Waals surface area (Å²) in [6.45, 7) is 11.3. The van der Waals surface area contributed by atoms with Crippen molar-refractivity contribution in [3.05, 3.63) is 16.1 Å². The van der Waals surface area contributed by atoms with Gasteiger partial charge < -0.3 is 9.26 Å². The van der Waals surface area contributed by atoms with Crippen LogP contribution in [-0.4, -0.2) is 35.5 Å². The molecule has 2 unspecified atom stereocenters. The van der Waals surface area contributed by atoms with Crippen molar-refractivity contribution in [3.8, 4) is 0 Å². The van der Waals surface area contributed by atoms with Crippen LogP contribution in [0.3, 0.4) is 0 Å². The van der Waals surface area contributed by atoms with Crippen molar-refractivity contribution < 1.29 is 18.6 Å². The lowest BCUT2D eigenvalue weighted by molar-refractivity contribution is -0.154. The van der Waals surface area contributed by atoms with Gasteiger partial charge in [-0.15, -0.1) is 11.3 Å². The van der Waals surface area contributed by atoms with E-state index in [4.69, 9.17) is 9.26 Å². The molecule has 0 saturated carbocycles. The third kappa shape index (κ3) is 9.67. The molecule has 0 N–H and O–H groups in total. The quantitative estimate of drug-likeness (QED) is 0.210. The highest BCUT2D eigenvalue weighted by molar-refractivity contribution is 7.60. The monoisotopic (exact) mass is 431 g/mol. The highest BCUT2D eigenvalue weighted by atomic mass is 32.1. The van der Waals surface area contributed by atoms with Crippen molar-refractivity contribution in [1.29, 1.82) is 0 Å². The lowest BCUT2D eigenvalue weighted by atomic mass is 10.1. The number of aromatic nitrogens is 1. The van der Waals surface area contributed by atoms with Crippen LogP contribution in [0.2, 0.25) is 0 Å². The predicted octanol–water partition coefficient (Wildman–Crippen LogP) is 6.24. The van der Waals surface area contributed by atoms with E-state index in [9.17, 15) is 9.36 Å². The van der Waals surface area contributed by atoms with Gasteiger partial charge in [0.1, 0.15) is 11.3 Å². The van der Waals surface area contributed by atoms with Gasteiger partial charge in [-0.25, -0.2) is 4.98 Å². The minimum atomic E-state index is -3.15. The fourth-order valence-electron chi connectivity index (χ4n) is 2.97. The second-order valence-electron chi connectivity index (χ2n) is 8.33. The summed E-state index contributed by atoms with van der Waals surface area (Å²) in [6, 6.07) is 0. The van der Waals surface area contributed by atoms with Gasteiger partial charge in [-0.3, -0.25) is 9.36 Å². The lowest BCUT2D eigenvalue weighted by Gasteiger charge is -2.26. The Labute approximate surface area is 175 Å². The minimum Gasteiger partial charge on any atom is -0.459 e. The van der Waals surface area contributed by atoms with Crippen molar-refractivity contribution in [2.24, 2.45) is 0 Å². The molecule has 5 nitrogen and oxygen atoms in total. The van der Waals surface area contributed by atoms with E-state index in [1.807, 2.05) is 20.8 Å². The molecule has 0 fully saturated rings. The van der Waals surface area contributed by atoms with E-state index < -0.39 is 24.6 Å². The number of ether oxygens (including phenoxy) is 1. The first-order valence-electron chi connectivity index (χ1n) is 10.5. The lowest BCUT2D eigenvalue weighted by Crippen LogP contribution is -2.33. The van der Waals surface area contributed by atoms with E-state index in [0.717, 1.165) is 23.5 Å². The van der Waals surface area contributed by atoms with Gasteiger partial charge in [0.25, 0.3) is 0 Å². The van der Waals surface area contributed by atoms with E-state index in [-0.39, 0.29) is 0 Å². The summed E-state index contributed by atoms with van der Waals surface area (Å²) < 4.78 is 24.0. The summed E-state index contributed by atoms with van der Waals surface area (Å²) in [6.07, 6.45) is 8.76. The van der Waals surface area contributed by atoms with Gasteiger partial charge in [-0.05, 0) is 40.5 Å². The first-order chi connectivity index (χ1) is 13.1. The number of esters is 1. The Morgan fingerprint density at radius 1 is 1.18 bits per heavy atom. The van der Waals surface area contributed by atoms with Crippen LogP contribution in [-0.2, 0) is 31.5 Å². The van der Waals surface area contributed by atoms with Crippen LogP contribution in [0, 0.1) is 0 Å². The molecular formula is C21H38NO4PS. The average molecular weight is 432 g/mol. The molecule has 0 aromatic carbocycles. The van der Waals surface area contributed by atoms with Crippen LogP contribution in [0.15, 0.2) is 5.38 Å². The first kappa shape index (κ1) is 25.3. The third-order valence-corrected chi connectivity index (χ3v) is 7.60. The molecule has 0 amide bonds. The maximum Gasteiger partial charge on any atom is 0.319 e. The Morgan fingerprint density at radius 2 is 1.82 bits per heavy atom. The summed E-state index contributed by atoms with van der Waals surface area (Å²) in [5.74, 6) is -0.473. The number of aryl methyl sites for hydroxylation is 1. The Morgan fingerprint density at radius 3 is 2.43 bits per heavy atom. The molecule has 7 heteroatoms. The van der Waals surface area contributed by atoms with Crippen LogP contribution in [0.5, 0.6) is 0 Å².